The molecular formula is C10H20N4. The Kier molecular flexibility index (Phi) is 4.07. The molecule has 0 fully saturated rings. The molecule has 0 aliphatic rings. The first-order valence-electron chi connectivity index (χ1n) is 5.20. The topological polar surface area (TPSA) is 56.7 Å². The summed E-state index contributed by atoms with van der Waals surface area (Å²) in [5.41, 5.74) is 5.50. The van der Waals surface area contributed by atoms with Crippen molar-refractivity contribution in [2.45, 2.75) is 33.1 Å². The van der Waals surface area contributed by atoms with Gasteiger partial charge in [0.1, 0.15) is 11.6 Å². The highest BCUT2D eigenvalue weighted by Crippen LogP contribution is 2.10. The zero-order chi connectivity index (χ0) is 10.6. The van der Waals surface area contributed by atoms with Gasteiger partial charge in [0.15, 0.2) is 0 Å². The van der Waals surface area contributed by atoms with Crippen LogP contribution in [0, 0.1) is 12.8 Å². The molecule has 0 bridgehead atoms. The van der Waals surface area contributed by atoms with Gasteiger partial charge in [-0.1, -0.05) is 6.92 Å². The molecule has 0 aromatic carbocycles. The van der Waals surface area contributed by atoms with Gasteiger partial charge in [0.25, 0.3) is 0 Å². The van der Waals surface area contributed by atoms with E-state index in [0.29, 0.717) is 5.92 Å². The number of hydrogen-bond donors (Lipinski definition) is 1. The zero-order valence-electron chi connectivity index (χ0n) is 9.32. The van der Waals surface area contributed by atoms with Gasteiger partial charge in [-0.15, -0.1) is 0 Å². The Morgan fingerprint density at radius 2 is 2.14 bits per heavy atom. The second-order valence-corrected chi connectivity index (χ2v) is 3.92. The van der Waals surface area contributed by atoms with Gasteiger partial charge in [-0.3, -0.25) is 4.68 Å². The highest BCUT2D eigenvalue weighted by atomic mass is 15.3. The molecule has 0 aliphatic carbocycles. The molecule has 1 aromatic rings. The first-order chi connectivity index (χ1) is 6.63. The summed E-state index contributed by atoms with van der Waals surface area (Å²) in [5.74, 6) is 2.61. The number of aryl methyl sites for hydroxylation is 3. The molecule has 0 radical (unpaired) electrons. The summed E-state index contributed by atoms with van der Waals surface area (Å²) in [6, 6.07) is 0. The standard InChI is InChI=1S/C10H20N4/c1-8(6-7-11)4-5-10-12-9(2)13-14(10)3/h8H,4-7,11H2,1-3H3. The molecule has 2 N–H and O–H groups in total. The highest BCUT2D eigenvalue weighted by Gasteiger charge is 2.06. The number of nitrogens with two attached hydrogens (primary N) is 1. The predicted octanol–water partition coefficient (Wildman–Crippen LogP) is 1.04. The quantitative estimate of drug-likeness (QED) is 0.765. The van der Waals surface area contributed by atoms with Crippen molar-refractivity contribution in [3.63, 3.8) is 0 Å². The zero-order valence-corrected chi connectivity index (χ0v) is 9.32. The summed E-state index contributed by atoms with van der Waals surface area (Å²) in [7, 11) is 1.95. The number of nitrogens with zero attached hydrogens (tertiary/aromatic N) is 3. The van der Waals surface area contributed by atoms with Crippen LogP contribution in [0.5, 0.6) is 0 Å². The van der Waals surface area contributed by atoms with Gasteiger partial charge < -0.3 is 5.73 Å². The summed E-state index contributed by atoms with van der Waals surface area (Å²) in [5, 5.41) is 4.22. The minimum atomic E-state index is 0.678. The van der Waals surface area contributed by atoms with Crippen molar-refractivity contribution >= 4 is 0 Å². The molecule has 0 spiro atoms. The van der Waals surface area contributed by atoms with Crippen LogP contribution >= 0.6 is 0 Å². The van der Waals surface area contributed by atoms with Crippen LogP contribution in [0.15, 0.2) is 0 Å². The van der Waals surface area contributed by atoms with Crippen LogP contribution in [0.2, 0.25) is 0 Å². The van der Waals surface area contributed by atoms with E-state index in [9.17, 15) is 0 Å². The highest BCUT2D eigenvalue weighted by molar-refractivity contribution is 4.90. The third-order valence-corrected chi connectivity index (χ3v) is 2.48. The lowest BCUT2D eigenvalue weighted by atomic mass is 10.0. The van der Waals surface area contributed by atoms with E-state index >= 15 is 0 Å². The van der Waals surface area contributed by atoms with E-state index in [1.54, 1.807) is 0 Å². The molecule has 14 heavy (non-hydrogen) atoms. The van der Waals surface area contributed by atoms with Crippen molar-refractivity contribution in [2.24, 2.45) is 18.7 Å². The van der Waals surface area contributed by atoms with Gasteiger partial charge in [-0.05, 0) is 32.2 Å². The first kappa shape index (κ1) is 11.2. The molecule has 1 atom stereocenters. The van der Waals surface area contributed by atoms with Gasteiger partial charge in [-0.25, -0.2) is 4.98 Å². The van der Waals surface area contributed by atoms with E-state index in [1.165, 1.54) is 0 Å². The maximum absolute atomic E-state index is 5.50. The predicted molar refractivity (Wildman–Crippen MR) is 56.9 cm³/mol. The van der Waals surface area contributed by atoms with E-state index < -0.39 is 0 Å². The Balaban J connectivity index is 2.41. The molecule has 1 rings (SSSR count). The minimum absolute atomic E-state index is 0.678. The lowest BCUT2D eigenvalue weighted by Crippen LogP contribution is -2.08. The van der Waals surface area contributed by atoms with Gasteiger partial charge in [-0.2, -0.15) is 5.10 Å². The summed E-state index contributed by atoms with van der Waals surface area (Å²) < 4.78 is 1.87. The average molecular weight is 196 g/mol. The molecule has 0 amide bonds. The molecule has 80 valence electrons. The van der Waals surface area contributed by atoms with Crippen molar-refractivity contribution in [3.05, 3.63) is 11.6 Å². The SMILES string of the molecule is Cc1nc(CCC(C)CCN)n(C)n1. The largest absolute Gasteiger partial charge is 0.330 e. The fourth-order valence-corrected chi connectivity index (χ4v) is 1.58. The number of aromatic nitrogens is 3. The minimum Gasteiger partial charge on any atom is -0.330 e. The summed E-state index contributed by atoms with van der Waals surface area (Å²) in [6.45, 7) is 4.93. The van der Waals surface area contributed by atoms with Crippen LogP contribution in [0.1, 0.15) is 31.4 Å². The third-order valence-electron chi connectivity index (χ3n) is 2.48. The van der Waals surface area contributed by atoms with Crippen molar-refractivity contribution in [2.75, 3.05) is 6.54 Å². The Labute approximate surface area is 85.5 Å². The van der Waals surface area contributed by atoms with E-state index in [4.69, 9.17) is 5.73 Å². The molecule has 1 aromatic heterocycles. The van der Waals surface area contributed by atoms with Crippen LogP contribution in [0.4, 0.5) is 0 Å². The van der Waals surface area contributed by atoms with E-state index in [1.807, 2.05) is 18.7 Å². The fourth-order valence-electron chi connectivity index (χ4n) is 1.58. The third kappa shape index (κ3) is 3.10. The number of hydrogen-bond acceptors (Lipinski definition) is 3. The Bertz CT molecular complexity index is 280. The van der Waals surface area contributed by atoms with Crippen LogP contribution < -0.4 is 5.73 Å². The Hall–Kier alpha value is -0.900. The van der Waals surface area contributed by atoms with Crippen molar-refractivity contribution in [1.82, 2.24) is 14.8 Å². The van der Waals surface area contributed by atoms with E-state index in [-0.39, 0.29) is 0 Å². The fraction of sp³-hybridized carbons (Fsp3) is 0.800. The van der Waals surface area contributed by atoms with Gasteiger partial charge in [0, 0.05) is 13.5 Å². The molecule has 4 nitrogen and oxygen atoms in total. The normalized spacial score (nSPS) is 13.1. The van der Waals surface area contributed by atoms with E-state index in [2.05, 4.69) is 17.0 Å². The van der Waals surface area contributed by atoms with Crippen molar-refractivity contribution in [3.8, 4) is 0 Å². The van der Waals surface area contributed by atoms with Gasteiger partial charge >= 0.3 is 0 Å². The molecular weight excluding hydrogens is 176 g/mol. The lowest BCUT2D eigenvalue weighted by molar-refractivity contribution is 0.487. The molecule has 0 aliphatic heterocycles. The van der Waals surface area contributed by atoms with Crippen LogP contribution in [0.25, 0.3) is 0 Å². The maximum atomic E-state index is 5.50. The van der Waals surface area contributed by atoms with Crippen molar-refractivity contribution in [1.29, 1.82) is 0 Å². The average Bonchev–Trinajstić information content (AvgIpc) is 2.42. The second-order valence-electron chi connectivity index (χ2n) is 3.92. The summed E-state index contributed by atoms with van der Waals surface area (Å²) >= 11 is 0. The Morgan fingerprint density at radius 1 is 1.43 bits per heavy atom. The summed E-state index contributed by atoms with van der Waals surface area (Å²) in [4.78, 5) is 4.36. The molecule has 4 heteroatoms. The molecule has 0 saturated carbocycles. The van der Waals surface area contributed by atoms with Crippen molar-refractivity contribution < 1.29 is 0 Å². The lowest BCUT2D eigenvalue weighted by Gasteiger charge is -2.08. The molecule has 1 unspecified atom stereocenters. The van der Waals surface area contributed by atoms with Crippen LogP contribution in [-0.4, -0.2) is 21.3 Å². The molecule has 0 saturated heterocycles. The van der Waals surface area contributed by atoms with Gasteiger partial charge in [0.2, 0.25) is 0 Å². The maximum Gasteiger partial charge on any atom is 0.147 e. The van der Waals surface area contributed by atoms with Gasteiger partial charge in [0.05, 0.1) is 0 Å². The molecule has 1 heterocycles. The Morgan fingerprint density at radius 3 is 2.64 bits per heavy atom. The number of rotatable bonds is 5. The van der Waals surface area contributed by atoms with Crippen LogP contribution in [0.3, 0.4) is 0 Å². The van der Waals surface area contributed by atoms with Crippen LogP contribution in [-0.2, 0) is 13.5 Å². The smallest absolute Gasteiger partial charge is 0.147 e. The van der Waals surface area contributed by atoms with E-state index in [0.717, 1.165) is 37.5 Å². The first-order valence-corrected chi connectivity index (χ1v) is 5.20. The monoisotopic (exact) mass is 196 g/mol. The second kappa shape index (κ2) is 5.10. The summed E-state index contributed by atoms with van der Waals surface area (Å²) in [6.07, 6.45) is 3.23.